The Hall–Kier alpha value is -0.570. The van der Waals surface area contributed by atoms with Gasteiger partial charge in [0.25, 0.3) is 0 Å². The second-order valence-corrected chi connectivity index (χ2v) is 4.31. The maximum Gasteiger partial charge on any atom is 0.163 e. The molecule has 1 fully saturated rings. The molecule has 1 aromatic carbocycles. The fraction of sp³-hybridized carbons (Fsp3) is 0.455. The summed E-state index contributed by atoms with van der Waals surface area (Å²) in [5, 5.41) is 0.743. The molecular formula is C11H13ClO2. The van der Waals surface area contributed by atoms with Gasteiger partial charge in [-0.2, -0.15) is 0 Å². The predicted octanol–water partition coefficient (Wildman–Crippen LogP) is 3.16. The number of benzene rings is 1. The predicted molar refractivity (Wildman–Crippen MR) is 55.3 cm³/mol. The van der Waals surface area contributed by atoms with E-state index in [1.807, 2.05) is 38.1 Å². The monoisotopic (exact) mass is 212 g/mol. The van der Waals surface area contributed by atoms with Crippen LogP contribution in [0.1, 0.15) is 25.5 Å². The highest BCUT2D eigenvalue weighted by Crippen LogP contribution is 2.32. The number of halogens is 1. The lowest BCUT2D eigenvalue weighted by Crippen LogP contribution is -2.19. The second kappa shape index (κ2) is 3.54. The van der Waals surface area contributed by atoms with Gasteiger partial charge in [0.2, 0.25) is 0 Å². The molecule has 1 saturated heterocycles. The summed E-state index contributed by atoms with van der Waals surface area (Å²) >= 11 is 5.80. The van der Waals surface area contributed by atoms with Crippen LogP contribution in [0.5, 0.6) is 0 Å². The van der Waals surface area contributed by atoms with Gasteiger partial charge in [-0.05, 0) is 31.5 Å². The van der Waals surface area contributed by atoms with E-state index in [0.717, 1.165) is 10.6 Å². The molecule has 76 valence electrons. The van der Waals surface area contributed by atoms with E-state index in [1.165, 1.54) is 0 Å². The van der Waals surface area contributed by atoms with Crippen LogP contribution < -0.4 is 0 Å². The van der Waals surface area contributed by atoms with Crippen LogP contribution in [0.2, 0.25) is 5.02 Å². The largest absolute Gasteiger partial charge is 0.347 e. The first-order valence-corrected chi connectivity index (χ1v) is 5.02. The Bertz CT molecular complexity index is 319. The number of hydrogen-bond acceptors (Lipinski definition) is 2. The summed E-state index contributed by atoms with van der Waals surface area (Å²) in [7, 11) is 0. The normalized spacial score (nSPS) is 25.2. The Balaban J connectivity index is 2.14. The van der Waals surface area contributed by atoms with Crippen molar-refractivity contribution in [3.05, 3.63) is 34.9 Å². The zero-order valence-corrected chi connectivity index (χ0v) is 9.04. The molecule has 1 aliphatic rings. The quantitative estimate of drug-likeness (QED) is 0.712. The van der Waals surface area contributed by atoms with Gasteiger partial charge < -0.3 is 9.47 Å². The van der Waals surface area contributed by atoms with Crippen molar-refractivity contribution in [3.63, 3.8) is 0 Å². The first-order chi connectivity index (χ1) is 6.57. The van der Waals surface area contributed by atoms with Crippen LogP contribution in [0.3, 0.4) is 0 Å². The molecule has 0 aliphatic carbocycles. The van der Waals surface area contributed by atoms with E-state index >= 15 is 0 Å². The van der Waals surface area contributed by atoms with Crippen LogP contribution in [-0.4, -0.2) is 12.4 Å². The minimum absolute atomic E-state index is 0.0299. The van der Waals surface area contributed by atoms with Gasteiger partial charge in [0.15, 0.2) is 5.79 Å². The first kappa shape index (κ1) is 9.97. The standard InChI is InChI=1S/C11H13ClO2/c1-11(2)13-7-10(14-11)8-3-5-9(12)6-4-8/h3-6,10H,7H2,1-2H3/t10-/m1/s1. The van der Waals surface area contributed by atoms with Gasteiger partial charge in [-0.15, -0.1) is 0 Å². The summed E-state index contributed by atoms with van der Waals surface area (Å²) in [5.74, 6) is -0.468. The summed E-state index contributed by atoms with van der Waals surface area (Å²) < 4.78 is 11.2. The SMILES string of the molecule is CC1(C)OC[C@H](c2ccc(Cl)cc2)O1. The number of rotatable bonds is 1. The zero-order valence-electron chi connectivity index (χ0n) is 8.29. The van der Waals surface area contributed by atoms with Gasteiger partial charge in [-0.3, -0.25) is 0 Å². The molecule has 1 aliphatic heterocycles. The highest BCUT2D eigenvalue weighted by molar-refractivity contribution is 6.30. The van der Waals surface area contributed by atoms with E-state index in [1.54, 1.807) is 0 Å². The van der Waals surface area contributed by atoms with E-state index in [9.17, 15) is 0 Å². The Labute approximate surface area is 88.8 Å². The summed E-state index contributed by atoms with van der Waals surface area (Å²) in [5.41, 5.74) is 1.11. The molecule has 0 saturated carbocycles. The van der Waals surface area contributed by atoms with Crippen molar-refractivity contribution >= 4 is 11.6 Å². The molecule has 0 spiro atoms. The average molecular weight is 213 g/mol. The Kier molecular flexibility index (Phi) is 2.52. The maximum atomic E-state index is 5.80. The fourth-order valence-electron chi connectivity index (χ4n) is 1.53. The smallest absolute Gasteiger partial charge is 0.163 e. The lowest BCUT2D eigenvalue weighted by molar-refractivity contribution is -0.139. The Morgan fingerprint density at radius 1 is 1.29 bits per heavy atom. The van der Waals surface area contributed by atoms with Crippen LogP contribution in [0, 0.1) is 0 Å². The van der Waals surface area contributed by atoms with Crippen molar-refractivity contribution < 1.29 is 9.47 Å². The van der Waals surface area contributed by atoms with E-state index in [0.29, 0.717) is 6.61 Å². The molecule has 0 unspecified atom stereocenters. The molecular weight excluding hydrogens is 200 g/mol. The summed E-state index contributed by atoms with van der Waals surface area (Å²) in [6, 6.07) is 7.67. The summed E-state index contributed by atoms with van der Waals surface area (Å²) in [6.45, 7) is 4.44. The van der Waals surface area contributed by atoms with Crippen LogP contribution >= 0.6 is 11.6 Å². The Morgan fingerprint density at radius 3 is 2.43 bits per heavy atom. The number of ether oxygens (including phenoxy) is 2. The third-order valence-corrected chi connectivity index (χ3v) is 2.50. The van der Waals surface area contributed by atoms with Crippen LogP contribution in [0.4, 0.5) is 0 Å². The van der Waals surface area contributed by atoms with Crippen molar-refractivity contribution in [2.24, 2.45) is 0 Å². The minimum atomic E-state index is -0.468. The molecule has 0 radical (unpaired) electrons. The zero-order chi connectivity index (χ0) is 10.2. The highest BCUT2D eigenvalue weighted by Gasteiger charge is 2.33. The molecule has 14 heavy (non-hydrogen) atoms. The van der Waals surface area contributed by atoms with Gasteiger partial charge in [-0.1, -0.05) is 23.7 Å². The van der Waals surface area contributed by atoms with Gasteiger partial charge in [-0.25, -0.2) is 0 Å². The molecule has 1 aromatic rings. The minimum Gasteiger partial charge on any atom is -0.347 e. The van der Waals surface area contributed by atoms with Gasteiger partial charge in [0, 0.05) is 5.02 Å². The first-order valence-electron chi connectivity index (χ1n) is 4.64. The van der Waals surface area contributed by atoms with Crippen molar-refractivity contribution in [2.75, 3.05) is 6.61 Å². The van der Waals surface area contributed by atoms with Crippen LogP contribution in [0.25, 0.3) is 0 Å². The van der Waals surface area contributed by atoms with Crippen molar-refractivity contribution in [1.82, 2.24) is 0 Å². The third kappa shape index (κ3) is 2.08. The Morgan fingerprint density at radius 2 is 1.93 bits per heavy atom. The van der Waals surface area contributed by atoms with E-state index < -0.39 is 5.79 Å². The fourth-order valence-corrected chi connectivity index (χ4v) is 1.65. The molecule has 2 nitrogen and oxygen atoms in total. The van der Waals surface area contributed by atoms with Crippen LogP contribution in [0.15, 0.2) is 24.3 Å². The van der Waals surface area contributed by atoms with Crippen molar-refractivity contribution in [2.45, 2.75) is 25.7 Å². The van der Waals surface area contributed by atoms with E-state index in [-0.39, 0.29) is 6.10 Å². The number of hydrogen-bond donors (Lipinski definition) is 0. The molecule has 0 bridgehead atoms. The molecule has 0 amide bonds. The lowest BCUT2D eigenvalue weighted by Gasteiger charge is -2.17. The topological polar surface area (TPSA) is 18.5 Å². The van der Waals surface area contributed by atoms with Gasteiger partial charge in [0.05, 0.1) is 6.61 Å². The van der Waals surface area contributed by atoms with E-state index in [4.69, 9.17) is 21.1 Å². The molecule has 0 N–H and O–H groups in total. The molecule has 3 heteroatoms. The second-order valence-electron chi connectivity index (χ2n) is 3.87. The van der Waals surface area contributed by atoms with Gasteiger partial charge in [0.1, 0.15) is 6.10 Å². The van der Waals surface area contributed by atoms with Crippen molar-refractivity contribution in [1.29, 1.82) is 0 Å². The van der Waals surface area contributed by atoms with Gasteiger partial charge >= 0.3 is 0 Å². The molecule has 2 rings (SSSR count). The summed E-state index contributed by atoms with van der Waals surface area (Å²) in [4.78, 5) is 0. The molecule has 1 heterocycles. The highest BCUT2D eigenvalue weighted by atomic mass is 35.5. The lowest BCUT2D eigenvalue weighted by atomic mass is 10.1. The average Bonchev–Trinajstić information content (AvgIpc) is 2.47. The van der Waals surface area contributed by atoms with Crippen molar-refractivity contribution in [3.8, 4) is 0 Å². The maximum absolute atomic E-state index is 5.80. The molecule has 0 aromatic heterocycles. The summed E-state index contributed by atoms with van der Waals surface area (Å²) in [6.07, 6.45) is 0.0299. The van der Waals surface area contributed by atoms with Crippen LogP contribution in [-0.2, 0) is 9.47 Å². The van der Waals surface area contributed by atoms with E-state index in [2.05, 4.69) is 0 Å². The third-order valence-electron chi connectivity index (χ3n) is 2.25. The molecule has 1 atom stereocenters.